The average molecular weight is 479 g/mol. The summed E-state index contributed by atoms with van der Waals surface area (Å²) >= 11 is 0. The lowest BCUT2D eigenvalue weighted by molar-refractivity contribution is -0.154. The third-order valence-electron chi connectivity index (χ3n) is 4.92. The summed E-state index contributed by atoms with van der Waals surface area (Å²) < 4.78 is 10.6. The molecule has 2 rings (SSSR count). The SMILES string of the molecule is CCCCCC(CN(O)C=O)C(=O)NCNC(=O)c1ccc(-c2cccc(P(O)OC)c2)o1. The first kappa shape index (κ1) is 26.5. The van der Waals surface area contributed by atoms with E-state index in [0.717, 1.165) is 19.3 Å². The summed E-state index contributed by atoms with van der Waals surface area (Å²) in [5.41, 5.74) is 0.678. The molecule has 2 atom stereocenters. The minimum Gasteiger partial charge on any atom is -0.451 e. The van der Waals surface area contributed by atoms with Gasteiger partial charge < -0.3 is 24.5 Å². The summed E-state index contributed by atoms with van der Waals surface area (Å²) in [7, 11) is -0.298. The lowest BCUT2D eigenvalue weighted by Gasteiger charge is -2.19. The molecule has 0 saturated heterocycles. The fourth-order valence-corrected chi connectivity index (χ4v) is 3.83. The van der Waals surface area contributed by atoms with Crippen LogP contribution in [0.5, 0.6) is 0 Å². The molecule has 2 aromatic rings. The molecule has 0 aliphatic rings. The molecule has 0 saturated carbocycles. The number of furan rings is 1. The molecule has 1 aromatic heterocycles. The van der Waals surface area contributed by atoms with E-state index in [0.29, 0.717) is 28.1 Å². The summed E-state index contributed by atoms with van der Waals surface area (Å²) in [4.78, 5) is 45.4. The molecule has 2 unspecified atom stereocenters. The van der Waals surface area contributed by atoms with Crippen LogP contribution in [0.2, 0.25) is 0 Å². The van der Waals surface area contributed by atoms with Crippen LogP contribution in [0.25, 0.3) is 11.3 Å². The molecular weight excluding hydrogens is 449 g/mol. The summed E-state index contributed by atoms with van der Waals surface area (Å²) in [6.45, 7) is 1.78. The topological polar surface area (TPSA) is 141 Å². The Hall–Kier alpha value is -2.78. The number of carbonyl (C=O) groups excluding carboxylic acids is 3. The van der Waals surface area contributed by atoms with Crippen molar-refractivity contribution >= 4 is 31.9 Å². The molecule has 0 aliphatic heterocycles. The van der Waals surface area contributed by atoms with Crippen molar-refractivity contribution in [1.82, 2.24) is 15.7 Å². The minimum absolute atomic E-state index is 0.0599. The number of rotatable bonds is 14. The molecule has 33 heavy (non-hydrogen) atoms. The highest BCUT2D eigenvalue weighted by atomic mass is 31.2. The normalized spacial score (nSPS) is 12.6. The van der Waals surface area contributed by atoms with E-state index in [1.54, 1.807) is 30.3 Å². The molecule has 11 heteroatoms. The number of carbonyl (C=O) groups is 3. The largest absolute Gasteiger partial charge is 0.451 e. The number of nitrogens with one attached hydrogen (secondary N) is 2. The van der Waals surface area contributed by atoms with E-state index in [2.05, 4.69) is 10.6 Å². The van der Waals surface area contributed by atoms with E-state index in [9.17, 15) is 24.5 Å². The maximum absolute atomic E-state index is 12.4. The number of hydrogen-bond acceptors (Lipinski definition) is 7. The average Bonchev–Trinajstić information content (AvgIpc) is 3.33. The molecule has 4 N–H and O–H groups in total. The number of benzene rings is 1. The summed E-state index contributed by atoms with van der Waals surface area (Å²) in [5.74, 6) is -0.973. The Morgan fingerprint density at radius 3 is 2.73 bits per heavy atom. The van der Waals surface area contributed by atoms with Crippen molar-refractivity contribution < 1.29 is 33.4 Å². The van der Waals surface area contributed by atoms with Gasteiger partial charge in [0.15, 0.2) is 5.76 Å². The molecule has 0 bridgehead atoms. The highest BCUT2D eigenvalue weighted by molar-refractivity contribution is 7.55. The smallest absolute Gasteiger partial charge is 0.288 e. The Bertz CT molecular complexity index is 921. The molecule has 1 heterocycles. The third-order valence-corrected chi connectivity index (χ3v) is 5.99. The van der Waals surface area contributed by atoms with Crippen LogP contribution in [-0.2, 0) is 14.1 Å². The van der Waals surface area contributed by atoms with Gasteiger partial charge >= 0.3 is 0 Å². The van der Waals surface area contributed by atoms with Crippen LogP contribution in [0, 0.1) is 5.92 Å². The lowest BCUT2D eigenvalue weighted by Crippen LogP contribution is -2.42. The van der Waals surface area contributed by atoms with E-state index in [4.69, 9.17) is 8.94 Å². The van der Waals surface area contributed by atoms with Gasteiger partial charge in [-0.1, -0.05) is 38.3 Å². The molecule has 0 radical (unpaired) electrons. The van der Waals surface area contributed by atoms with Crippen LogP contribution >= 0.6 is 8.38 Å². The first-order valence-corrected chi connectivity index (χ1v) is 11.8. The summed E-state index contributed by atoms with van der Waals surface area (Å²) in [6.07, 6.45) is 3.46. The molecular formula is C22H30N3O7P. The van der Waals surface area contributed by atoms with Gasteiger partial charge in [-0.25, -0.2) is 5.06 Å². The van der Waals surface area contributed by atoms with Crippen molar-refractivity contribution in [3.63, 3.8) is 0 Å². The van der Waals surface area contributed by atoms with E-state index in [-0.39, 0.29) is 31.3 Å². The molecule has 10 nitrogen and oxygen atoms in total. The second kappa shape index (κ2) is 13.7. The van der Waals surface area contributed by atoms with Gasteiger partial charge in [-0.2, -0.15) is 0 Å². The maximum Gasteiger partial charge on any atom is 0.288 e. The highest BCUT2D eigenvalue weighted by Crippen LogP contribution is 2.31. The fourth-order valence-electron chi connectivity index (χ4n) is 3.16. The Morgan fingerprint density at radius 2 is 2.03 bits per heavy atom. The van der Waals surface area contributed by atoms with Gasteiger partial charge in [-0.05, 0) is 30.7 Å². The predicted octanol–water partition coefficient (Wildman–Crippen LogP) is 2.37. The summed E-state index contributed by atoms with van der Waals surface area (Å²) in [6, 6.07) is 10.1. The van der Waals surface area contributed by atoms with Gasteiger partial charge in [-0.15, -0.1) is 0 Å². The monoisotopic (exact) mass is 479 g/mol. The first-order valence-electron chi connectivity index (χ1n) is 10.6. The van der Waals surface area contributed by atoms with Crippen LogP contribution in [-0.4, -0.2) is 53.7 Å². The van der Waals surface area contributed by atoms with Crippen molar-refractivity contribution in [2.75, 3.05) is 20.3 Å². The van der Waals surface area contributed by atoms with Crippen LogP contribution in [0.1, 0.15) is 43.2 Å². The Morgan fingerprint density at radius 1 is 1.24 bits per heavy atom. The van der Waals surface area contributed by atoms with Crippen LogP contribution in [0.15, 0.2) is 40.8 Å². The van der Waals surface area contributed by atoms with Crippen LogP contribution in [0.4, 0.5) is 0 Å². The highest BCUT2D eigenvalue weighted by Gasteiger charge is 2.21. The zero-order valence-electron chi connectivity index (χ0n) is 18.7. The van der Waals surface area contributed by atoms with Gasteiger partial charge in [0.1, 0.15) is 5.76 Å². The van der Waals surface area contributed by atoms with Gasteiger partial charge in [-0.3, -0.25) is 19.6 Å². The van der Waals surface area contributed by atoms with E-state index < -0.39 is 20.2 Å². The van der Waals surface area contributed by atoms with E-state index in [1.165, 1.54) is 13.2 Å². The van der Waals surface area contributed by atoms with Gasteiger partial charge in [0.05, 0.1) is 19.1 Å². The summed E-state index contributed by atoms with van der Waals surface area (Å²) in [5, 5.41) is 15.6. The molecule has 3 amide bonds. The second-order valence-corrected chi connectivity index (χ2v) is 8.74. The predicted molar refractivity (Wildman–Crippen MR) is 123 cm³/mol. The number of hydrogen-bond donors (Lipinski definition) is 4. The number of nitrogens with zero attached hydrogens (tertiary/aromatic N) is 1. The standard InChI is InChI=1S/C22H30N3O7P/c1-3-4-5-7-17(13-25(29)15-26)21(27)23-14-24-22(28)20-11-10-19(32-20)16-8-6-9-18(12-16)33(30)31-2/h6,8-12,15,17,29-30H,3-5,7,13-14H2,1-2H3,(H,23,27)(H,24,28). The zero-order valence-corrected chi connectivity index (χ0v) is 19.6. The minimum atomic E-state index is -1.72. The Balaban J connectivity index is 1.92. The molecule has 180 valence electrons. The van der Waals surface area contributed by atoms with Crippen molar-refractivity contribution in [2.45, 2.75) is 32.6 Å². The Kier molecular flexibility index (Phi) is 11.0. The zero-order chi connectivity index (χ0) is 24.2. The third kappa shape index (κ3) is 8.25. The maximum atomic E-state index is 12.4. The Labute approximate surface area is 193 Å². The molecule has 0 aliphatic carbocycles. The molecule has 1 aromatic carbocycles. The number of unbranched alkanes of at least 4 members (excludes halogenated alkanes) is 2. The second-order valence-electron chi connectivity index (χ2n) is 7.31. The van der Waals surface area contributed by atoms with Crippen LogP contribution in [0.3, 0.4) is 0 Å². The lowest BCUT2D eigenvalue weighted by atomic mass is 10.0. The molecule has 0 spiro atoms. The molecule has 0 fully saturated rings. The van der Waals surface area contributed by atoms with Crippen molar-refractivity contribution in [3.8, 4) is 11.3 Å². The van der Waals surface area contributed by atoms with Gasteiger partial charge in [0.2, 0.25) is 20.7 Å². The van der Waals surface area contributed by atoms with Gasteiger partial charge in [0, 0.05) is 18.0 Å². The number of amides is 3. The van der Waals surface area contributed by atoms with Crippen molar-refractivity contribution in [1.29, 1.82) is 0 Å². The first-order chi connectivity index (χ1) is 15.9. The van der Waals surface area contributed by atoms with E-state index in [1.807, 2.05) is 6.92 Å². The van der Waals surface area contributed by atoms with Crippen molar-refractivity contribution in [2.24, 2.45) is 5.92 Å². The van der Waals surface area contributed by atoms with Crippen molar-refractivity contribution in [3.05, 3.63) is 42.2 Å². The fraction of sp³-hybridized carbons (Fsp3) is 0.409. The number of hydroxylamine groups is 2. The van der Waals surface area contributed by atoms with E-state index >= 15 is 0 Å². The quantitative estimate of drug-likeness (QED) is 0.0814. The van der Waals surface area contributed by atoms with Gasteiger partial charge in [0.25, 0.3) is 5.91 Å². The van der Waals surface area contributed by atoms with Crippen LogP contribution < -0.4 is 15.9 Å².